The van der Waals surface area contributed by atoms with E-state index in [2.05, 4.69) is 25.2 Å². The first-order chi connectivity index (χ1) is 14.4. The second-order valence-electron chi connectivity index (χ2n) is 6.84. The molecule has 0 bridgehead atoms. The molecule has 1 fully saturated rings. The zero-order chi connectivity index (χ0) is 21.1. The summed E-state index contributed by atoms with van der Waals surface area (Å²) < 4.78 is 27.2. The fourth-order valence-electron chi connectivity index (χ4n) is 3.26. The molecular formula is C20H21ClN6O2S. The second-order valence-corrected chi connectivity index (χ2v) is 9.22. The van der Waals surface area contributed by atoms with Crippen LogP contribution in [0.2, 0.25) is 5.02 Å². The Morgan fingerprint density at radius 3 is 2.37 bits per heavy atom. The van der Waals surface area contributed by atoms with Crippen molar-refractivity contribution < 1.29 is 8.42 Å². The average Bonchev–Trinajstić information content (AvgIpc) is 2.74. The number of hydrogen-bond acceptors (Lipinski definition) is 7. The minimum Gasteiger partial charge on any atom is -0.354 e. The van der Waals surface area contributed by atoms with Gasteiger partial charge in [0.25, 0.3) is 0 Å². The Morgan fingerprint density at radius 2 is 1.70 bits per heavy atom. The van der Waals surface area contributed by atoms with Crippen LogP contribution in [0.3, 0.4) is 0 Å². The number of aryl methyl sites for hydroxylation is 1. The molecule has 156 valence electrons. The first kappa shape index (κ1) is 20.5. The molecule has 0 unspecified atom stereocenters. The minimum atomic E-state index is -3.55. The van der Waals surface area contributed by atoms with Crippen molar-refractivity contribution in [2.75, 3.05) is 36.4 Å². The Hall–Kier alpha value is -2.75. The Kier molecular flexibility index (Phi) is 5.85. The molecule has 30 heavy (non-hydrogen) atoms. The van der Waals surface area contributed by atoms with Gasteiger partial charge in [0.1, 0.15) is 23.3 Å². The van der Waals surface area contributed by atoms with Crippen molar-refractivity contribution in [1.29, 1.82) is 0 Å². The van der Waals surface area contributed by atoms with Crippen LogP contribution in [0.1, 0.15) is 5.82 Å². The van der Waals surface area contributed by atoms with E-state index in [1.54, 1.807) is 18.3 Å². The van der Waals surface area contributed by atoms with E-state index in [4.69, 9.17) is 11.6 Å². The zero-order valence-corrected chi connectivity index (χ0v) is 17.9. The SMILES string of the molecule is Cc1nc(Nc2ccccn2)cc(N2CCN(S(=O)(=O)c3ccc(Cl)cc3)CC2)n1. The molecule has 0 amide bonds. The summed E-state index contributed by atoms with van der Waals surface area (Å²) in [6, 6.07) is 13.7. The van der Waals surface area contributed by atoms with Gasteiger partial charge >= 0.3 is 0 Å². The number of hydrogen-bond donors (Lipinski definition) is 1. The van der Waals surface area contributed by atoms with Crippen LogP contribution in [0.4, 0.5) is 17.5 Å². The van der Waals surface area contributed by atoms with Gasteiger partial charge in [0.15, 0.2) is 0 Å². The molecule has 8 nitrogen and oxygen atoms in total. The van der Waals surface area contributed by atoms with Crippen molar-refractivity contribution in [3.8, 4) is 0 Å². The number of benzene rings is 1. The van der Waals surface area contributed by atoms with Crippen LogP contribution in [-0.2, 0) is 10.0 Å². The Morgan fingerprint density at radius 1 is 0.967 bits per heavy atom. The third kappa shape index (κ3) is 4.53. The standard InChI is InChI=1S/C20H21ClN6O2S/c1-15-23-19(25-18-4-2-3-9-22-18)14-20(24-15)26-10-12-27(13-11-26)30(28,29)17-7-5-16(21)6-8-17/h2-9,14H,10-13H2,1H3,(H,22,23,24,25). The minimum absolute atomic E-state index is 0.250. The Bertz CT molecular complexity index is 1120. The van der Waals surface area contributed by atoms with Gasteiger partial charge in [-0.3, -0.25) is 0 Å². The number of piperazine rings is 1. The highest BCUT2D eigenvalue weighted by molar-refractivity contribution is 7.89. The molecule has 2 aromatic heterocycles. The van der Waals surface area contributed by atoms with Gasteiger partial charge in [-0.05, 0) is 43.3 Å². The maximum atomic E-state index is 12.9. The summed E-state index contributed by atoms with van der Waals surface area (Å²) in [4.78, 5) is 15.5. The molecule has 0 spiro atoms. The van der Waals surface area contributed by atoms with Gasteiger partial charge in [0, 0.05) is 43.5 Å². The highest BCUT2D eigenvalue weighted by Gasteiger charge is 2.29. The molecule has 0 atom stereocenters. The van der Waals surface area contributed by atoms with Gasteiger partial charge in [0.05, 0.1) is 4.90 Å². The number of nitrogens with one attached hydrogen (secondary N) is 1. The fourth-order valence-corrected chi connectivity index (χ4v) is 4.81. The number of nitrogens with zero attached hydrogens (tertiary/aromatic N) is 5. The second kappa shape index (κ2) is 8.55. The van der Waals surface area contributed by atoms with Crippen LogP contribution in [-0.4, -0.2) is 53.9 Å². The maximum Gasteiger partial charge on any atom is 0.243 e. The lowest BCUT2D eigenvalue weighted by Crippen LogP contribution is -2.49. The lowest BCUT2D eigenvalue weighted by atomic mass is 10.3. The number of pyridine rings is 1. The quantitative estimate of drug-likeness (QED) is 0.646. The van der Waals surface area contributed by atoms with Crippen LogP contribution < -0.4 is 10.2 Å². The number of sulfonamides is 1. The van der Waals surface area contributed by atoms with Gasteiger partial charge in [-0.2, -0.15) is 4.31 Å². The van der Waals surface area contributed by atoms with Gasteiger partial charge in [-0.15, -0.1) is 0 Å². The van der Waals surface area contributed by atoms with Crippen LogP contribution in [0.15, 0.2) is 59.6 Å². The molecule has 0 radical (unpaired) electrons. The molecule has 1 saturated heterocycles. The first-order valence-electron chi connectivity index (χ1n) is 9.46. The van der Waals surface area contributed by atoms with E-state index in [0.717, 1.165) is 5.82 Å². The Labute approximate surface area is 180 Å². The molecule has 0 aliphatic carbocycles. The molecular weight excluding hydrogens is 424 g/mol. The van der Waals surface area contributed by atoms with Crippen molar-refractivity contribution in [3.63, 3.8) is 0 Å². The largest absolute Gasteiger partial charge is 0.354 e. The van der Waals surface area contributed by atoms with Crippen LogP contribution in [0.5, 0.6) is 0 Å². The molecule has 4 rings (SSSR count). The first-order valence-corrected chi connectivity index (χ1v) is 11.3. The third-order valence-corrected chi connectivity index (χ3v) is 6.92. The predicted molar refractivity (Wildman–Crippen MR) is 117 cm³/mol. The lowest BCUT2D eigenvalue weighted by Gasteiger charge is -2.34. The summed E-state index contributed by atoms with van der Waals surface area (Å²) in [5.41, 5.74) is 0. The highest BCUT2D eigenvalue weighted by Crippen LogP contribution is 2.23. The maximum absolute atomic E-state index is 12.9. The van der Waals surface area contributed by atoms with Crippen molar-refractivity contribution in [3.05, 3.63) is 65.6 Å². The van der Waals surface area contributed by atoms with Crippen LogP contribution in [0, 0.1) is 6.92 Å². The fraction of sp³-hybridized carbons (Fsp3) is 0.250. The Balaban J connectivity index is 1.47. The molecule has 1 aliphatic heterocycles. The van der Waals surface area contributed by atoms with Gasteiger partial charge in [-0.1, -0.05) is 17.7 Å². The van der Waals surface area contributed by atoms with E-state index >= 15 is 0 Å². The van der Waals surface area contributed by atoms with Crippen molar-refractivity contribution >= 4 is 39.1 Å². The predicted octanol–water partition coefficient (Wildman–Crippen LogP) is 3.09. The number of rotatable bonds is 5. The summed E-state index contributed by atoms with van der Waals surface area (Å²) in [5.74, 6) is 2.72. The van der Waals surface area contributed by atoms with Crippen molar-refractivity contribution in [1.82, 2.24) is 19.3 Å². The number of aromatic nitrogens is 3. The van der Waals surface area contributed by atoms with E-state index in [-0.39, 0.29) is 4.90 Å². The molecule has 1 aliphatic rings. The van der Waals surface area contributed by atoms with Gasteiger partial charge < -0.3 is 10.2 Å². The van der Waals surface area contributed by atoms with E-state index in [0.29, 0.717) is 48.7 Å². The number of anilines is 3. The lowest BCUT2D eigenvalue weighted by molar-refractivity contribution is 0.383. The third-order valence-electron chi connectivity index (χ3n) is 4.76. The smallest absolute Gasteiger partial charge is 0.243 e. The summed E-state index contributed by atoms with van der Waals surface area (Å²) in [5, 5.41) is 3.68. The monoisotopic (exact) mass is 444 g/mol. The van der Waals surface area contributed by atoms with Gasteiger partial charge in [-0.25, -0.2) is 23.4 Å². The van der Waals surface area contributed by atoms with Crippen LogP contribution in [0.25, 0.3) is 0 Å². The van der Waals surface area contributed by atoms with E-state index in [1.807, 2.05) is 31.2 Å². The molecule has 1 N–H and O–H groups in total. The molecule has 1 aromatic carbocycles. The van der Waals surface area contributed by atoms with Crippen molar-refractivity contribution in [2.45, 2.75) is 11.8 Å². The highest BCUT2D eigenvalue weighted by atomic mass is 35.5. The molecule has 10 heteroatoms. The normalized spacial score (nSPS) is 15.2. The van der Waals surface area contributed by atoms with E-state index in [9.17, 15) is 8.42 Å². The number of halogens is 1. The van der Waals surface area contributed by atoms with E-state index in [1.165, 1.54) is 16.4 Å². The van der Waals surface area contributed by atoms with Crippen molar-refractivity contribution in [2.24, 2.45) is 0 Å². The zero-order valence-electron chi connectivity index (χ0n) is 16.4. The molecule has 3 aromatic rings. The summed E-state index contributed by atoms with van der Waals surface area (Å²) in [6.07, 6.45) is 1.71. The topological polar surface area (TPSA) is 91.3 Å². The summed E-state index contributed by atoms with van der Waals surface area (Å²) in [6.45, 7) is 3.64. The molecule has 3 heterocycles. The summed E-state index contributed by atoms with van der Waals surface area (Å²) >= 11 is 5.87. The van der Waals surface area contributed by atoms with E-state index < -0.39 is 10.0 Å². The summed E-state index contributed by atoms with van der Waals surface area (Å²) in [7, 11) is -3.55. The molecule has 0 saturated carbocycles. The van der Waals surface area contributed by atoms with Gasteiger partial charge in [0.2, 0.25) is 10.0 Å². The van der Waals surface area contributed by atoms with Crippen LogP contribution >= 0.6 is 11.6 Å². The average molecular weight is 445 g/mol.